The van der Waals surface area contributed by atoms with E-state index in [9.17, 15) is 4.79 Å². The van der Waals surface area contributed by atoms with E-state index >= 15 is 0 Å². The zero-order valence-electron chi connectivity index (χ0n) is 9.60. The van der Waals surface area contributed by atoms with E-state index in [4.69, 9.17) is 4.89 Å². The fourth-order valence-electron chi connectivity index (χ4n) is 1.18. The fraction of sp³-hybridized carbons (Fsp3) is 0.308. The van der Waals surface area contributed by atoms with Gasteiger partial charge in [0, 0.05) is 5.57 Å². The SMILES string of the molecule is CCC=C(C)C(=O)OOCc1ccccc1. The minimum atomic E-state index is -0.433. The Hall–Kier alpha value is -1.61. The molecule has 0 saturated carbocycles. The number of carbonyl (C=O) groups is 1. The highest BCUT2D eigenvalue weighted by atomic mass is 17.2. The van der Waals surface area contributed by atoms with Gasteiger partial charge in [0.05, 0.1) is 0 Å². The van der Waals surface area contributed by atoms with Crippen LogP contribution in [0.15, 0.2) is 42.0 Å². The largest absolute Gasteiger partial charge is 0.368 e. The minimum absolute atomic E-state index is 0.270. The molecule has 0 aliphatic carbocycles. The maximum absolute atomic E-state index is 11.3. The Labute approximate surface area is 95.6 Å². The number of hydrogen-bond acceptors (Lipinski definition) is 3. The van der Waals surface area contributed by atoms with Crippen LogP contribution >= 0.6 is 0 Å². The quantitative estimate of drug-likeness (QED) is 0.434. The third-order valence-electron chi connectivity index (χ3n) is 2.04. The molecule has 86 valence electrons. The van der Waals surface area contributed by atoms with E-state index in [1.165, 1.54) is 0 Å². The van der Waals surface area contributed by atoms with Crippen LogP contribution in [0.2, 0.25) is 0 Å². The molecule has 1 rings (SSSR count). The van der Waals surface area contributed by atoms with Crippen molar-refractivity contribution in [3.8, 4) is 0 Å². The lowest BCUT2D eigenvalue weighted by Crippen LogP contribution is -2.06. The van der Waals surface area contributed by atoms with Crippen molar-refractivity contribution in [2.45, 2.75) is 26.9 Å². The molecule has 0 unspecified atom stereocenters. The van der Waals surface area contributed by atoms with Crippen molar-refractivity contribution in [1.82, 2.24) is 0 Å². The summed E-state index contributed by atoms with van der Waals surface area (Å²) in [5.41, 5.74) is 1.53. The molecule has 0 aliphatic heterocycles. The molecule has 0 saturated heterocycles. The summed E-state index contributed by atoms with van der Waals surface area (Å²) >= 11 is 0. The van der Waals surface area contributed by atoms with Gasteiger partial charge in [-0.25, -0.2) is 4.79 Å². The number of hydrogen-bond donors (Lipinski definition) is 0. The minimum Gasteiger partial charge on any atom is -0.293 e. The molecule has 1 aromatic carbocycles. The van der Waals surface area contributed by atoms with Crippen LogP contribution in [-0.2, 0) is 21.2 Å². The zero-order chi connectivity index (χ0) is 11.8. The Kier molecular flexibility index (Phi) is 5.29. The van der Waals surface area contributed by atoms with E-state index in [1.54, 1.807) is 13.0 Å². The van der Waals surface area contributed by atoms with Crippen molar-refractivity contribution < 1.29 is 14.6 Å². The molecule has 0 aliphatic rings. The normalized spacial score (nSPS) is 11.2. The van der Waals surface area contributed by atoms with Crippen LogP contribution in [0.5, 0.6) is 0 Å². The smallest absolute Gasteiger partial charge is 0.293 e. The Balaban J connectivity index is 2.31. The predicted molar refractivity (Wildman–Crippen MR) is 61.4 cm³/mol. The number of carbonyl (C=O) groups excluding carboxylic acids is 1. The van der Waals surface area contributed by atoms with Gasteiger partial charge in [-0.15, -0.1) is 0 Å². The highest BCUT2D eigenvalue weighted by Gasteiger charge is 2.05. The van der Waals surface area contributed by atoms with E-state index < -0.39 is 5.97 Å². The average Bonchev–Trinajstić information content (AvgIpc) is 2.30. The van der Waals surface area contributed by atoms with E-state index in [-0.39, 0.29) is 6.61 Å². The van der Waals surface area contributed by atoms with Crippen LogP contribution in [0.1, 0.15) is 25.8 Å². The summed E-state index contributed by atoms with van der Waals surface area (Å²) in [5, 5.41) is 0. The first-order chi connectivity index (χ1) is 7.74. The van der Waals surface area contributed by atoms with E-state index in [0.717, 1.165) is 12.0 Å². The monoisotopic (exact) mass is 220 g/mol. The van der Waals surface area contributed by atoms with Crippen LogP contribution in [0.4, 0.5) is 0 Å². The van der Waals surface area contributed by atoms with Crippen molar-refractivity contribution in [2.75, 3.05) is 0 Å². The van der Waals surface area contributed by atoms with Gasteiger partial charge in [-0.3, -0.25) is 4.89 Å². The van der Waals surface area contributed by atoms with Crippen molar-refractivity contribution in [3.63, 3.8) is 0 Å². The van der Waals surface area contributed by atoms with Crippen LogP contribution in [-0.4, -0.2) is 5.97 Å². The summed E-state index contributed by atoms with van der Waals surface area (Å²) in [7, 11) is 0. The lowest BCUT2D eigenvalue weighted by Gasteiger charge is -2.03. The average molecular weight is 220 g/mol. The molecule has 1 aromatic rings. The second-order valence-electron chi connectivity index (χ2n) is 3.41. The van der Waals surface area contributed by atoms with Gasteiger partial charge < -0.3 is 0 Å². The molecular formula is C13H16O3. The van der Waals surface area contributed by atoms with Crippen molar-refractivity contribution in [1.29, 1.82) is 0 Å². The summed E-state index contributed by atoms with van der Waals surface area (Å²) in [6.45, 7) is 3.94. The molecule has 0 amide bonds. The van der Waals surface area contributed by atoms with Crippen LogP contribution < -0.4 is 0 Å². The van der Waals surface area contributed by atoms with Crippen molar-refractivity contribution in [2.24, 2.45) is 0 Å². The highest BCUT2D eigenvalue weighted by molar-refractivity contribution is 5.87. The second kappa shape index (κ2) is 6.80. The highest BCUT2D eigenvalue weighted by Crippen LogP contribution is 2.03. The summed E-state index contributed by atoms with van der Waals surface area (Å²) < 4.78 is 0. The summed E-state index contributed by atoms with van der Waals surface area (Å²) in [5.74, 6) is -0.433. The van der Waals surface area contributed by atoms with Gasteiger partial charge >= 0.3 is 5.97 Å². The predicted octanol–water partition coefficient (Wildman–Crippen LogP) is 3.02. The number of allylic oxidation sites excluding steroid dienone is 1. The molecule has 3 heteroatoms. The molecule has 0 bridgehead atoms. The van der Waals surface area contributed by atoms with Gasteiger partial charge in [0.25, 0.3) is 0 Å². The molecule has 3 nitrogen and oxygen atoms in total. The Bertz CT molecular complexity index is 355. The Morgan fingerprint density at radius 1 is 1.31 bits per heavy atom. The van der Waals surface area contributed by atoms with Crippen molar-refractivity contribution in [3.05, 3.63) is 47.5 Å². The Morgan fingerprint density at radius 2 is 2.00 bits per heavy atom. The lowest BCUT2D eigenvalue weighted by atomic mass is 10.2. The van der Waals surface area contributed by atoms with Gasteiger partial charge in [0.2, 0.25) is 0 Å². The van der Waals surface area contributed by atoms with E-state index in [1.807, 2.05) is 37.3 Å². The number of rotatable bonds is 5. The first-order valence-electron chi connectivity index (χ1n) is 5.28. The number of benzene rings is 1. The molecule has 0 radical (unpaired) electrons. The van der Waals surface area contributed by atoms with Gasteiger partial charge in [0.15, 0.2) is 0 Å². The molecule has 0 N–H and O–H groups in total. The summed E-state index contributed by atoms with van der Waals surface area (Å²) in [6, 6.07) is 9.54. The van der Waals surface area contributed by atoms with Gasteiger partial charge in [-0.05, 0) is 18.9 Å². The van der Waals surface area contributed by atoms with E-state index in [0.29, 0.717) is 5.57 Å². The molecule has 16 heavy (non-hydrogen) atoms. The van der Waals surface area contributed by atoms with Gasteiger partial charge in [-0.1, -0.05) is 43.3 Å². The van der Waals surface area contributed by atoms with Crippen LogP contribution in [0.3, 0.4) is 0 Å². The maximum atomic E-state index is 11.3. The third kappa shape index (κ3) is 4.28. The third-order valence-corrected chi connectivity index (χ3v) is 2.04. The topological polar surface area (TPSA) is 35.5 Å². The fourth-order valence-corrected chi connectivity index (χ4v) is 1.18. The molecule has 0 spiro atoms. The van der Waals surface area contributed by atoms with Crippen LogP contribution in [0, 0.1) is 0 Å². The molecular weight excluding hydrogens is 204 g/mol. The van der Waals surface area contributed by atoms with Gasteiger partial charge in [0.1, 0.15) is 6.61 Å². The molecule has 0 heterocycles. The standard InChI is InChI=1S/C13H16O3/c1-3-7-11(2)13(14)16-15-10-12-8-5-4-6-9-12/h4-9H,3,10H2,1-2H3. The van der Waals surface area contributed by atoms with Gasteiger partial charge in [-0.2, -0.15) is 4.89 Å². The molecule has 0 aromatic heterocycles. The lowest BCUT2D eigenvalue weighted by molar-refractivity contribution is -0.276. The Morgan fingerprint density at radius 3 is 2.62 bits per heavy atom. The maximum Gasteiger partial charge on any atom is 0.368 e. The second-order valence-corrected chi connectivity index (χ2v) is 3.41. The van der Waals surface area contributed by atoms with Crippen molar-refractivity contribution >= 4 is 5.97 Å². The van der Waals surface area contributed by atoms with Crippen LogP contribution in [0.25, 0.3) is 0 Å². The first-order valence-corrected chi connectivity index (χ1v) is 5.28. The first kappa shape index (κ1) is 12.5. The summed E-state index contributed by atoms with van der Waals surface area (Å²) in [6.07, 6.45) is 2.60. The molecule has 0 atom stereocenters. The van der Waals surface area contributed by atoms with E-state index in [2.05, 4.69) is 4.89 Å². The summed E-state index contributed by atoms with van der Waals surface area (Å²) in [4.78, 5) is 20.8. The zero-order valence-corrected chi connectivity index (χ0v) is 9.60. The molecule has 0 fully saturated rings.